The average molecular weight is 483 g/mol. The Morgan fingerprint density at radius 3 is 1.52 bits per heavy atom. The van der Waals surface area contributed by atoms with Gasteiger partial charge in [-0.1, -0.05) is 37.9 Å². The third kappa shape index (κ3) is 3.25. The Bertz CT molecular complexity index is 909. The van der Waals surface area contributed by atoms with Crippen molar-refractivity contribution in [3.05, 3.63) is 86.8 Å². The van der Waals surface area contributed by atoms with Gasteiger partial charge in [-0.3, -0.25) is 0 Å². The minimum atomic E-state index is 0.752. The normalized spacial score (nSPS) is 20.4. The summed E-state index contributed by atoms with van der Waals surface area (Å²) in [5.41, 5.74) is 6.82. The largest absolute Gasteiger partial charge is 0.310 e. The van der Waals surface area contributed by atoms with E-state index < -0.39 is 0 Å². The molecule has 0 aliphatic heterocycles. The van der Waals surface area contributed by atoms with Crippen LogP contribution in [0.1, 0.15) is 48.6 Å². The highest BCUT2D eigenvalue weighted by Gasteiger charge is 2.33. The van der Waals surface area contributed by atoms with E-state index in [9.17, 15) is 0 Å². The highest BCUT2D eigenvalue weighted by Crippen LogP contribution is 2.50. The van der Waals surface area contributed by atoms with E-state index in [4.69, 9.17) is 0 Å². The molecular formula is C24H21Br2N. The van der Waals surface area contributed by atoms with Gasteiger partial charge in [-0.05, 0) is 109 Å². The molecule has 0 N–H and O–H groups in total. The van der Waals surface area contributed by atoms with Crippen LogP contribution in [0.5, 0.6) is 0 Å². The van der Waals surface area contributed by atoms with Gasteiger partial charge in [0, 0.05) is 26.0 Å². The van der Waals surface area contributed by atoms with Crippen molar-refractivity contribution < 1.29 is 0 Å². The molecule has 0 atom stereocenters. The fraction of sp³-hybridized carbons (Fsp3) is 0.250. The molecule has 0 aromatic heterocycles. The molecule has 27 heavy (non-hydrogen) atoms. The van der Waals surface area contributed by atoms with Crippen LogP contribution in [0.2, 0.25) is 0 Å². The lowest BCUT2D eigenvalue weighted by molar-refractivity contribution is 0.359. The van der Waals surface area contributed by atoms with E-state index in [0.29, 0.717) is 0 Å². The van der Waals surface area contributed by atoms with E-state index in [0.717, 1.165) is 20.8 Å². The number of hydrogen-bond donors (Lipinski definition) is 0. The smallest absolute Gasteiger partial charge is 0.0464 e. The van der Waals surface area contributed by atoms with Gasteiger partial charge in [0.1, 0.15) is 0 Å². The quantitative estimate of drug-likeness (QED) is 0.362. The lowest BCUT2D eigenvalue weighted by Crippen LogP contribution is -2.22. The number of rotatable bonds is 3. The van der Waals surface area contributed by atoms with Gasteiger partial charge in [-0.25, -0.2) is 0 Å². The van der Waals surface area contributed by atoms with Crippen molar-refractivity contribution in [3.63, 3.8) is 0 Å². The maximum Gasteiger partial charge on any atom is 0.0464 e. The highest BCUT2D eigenvalue weighted by atomic mass is 79.9. The zero-order chi connectivity index (χ0) is 18.4. The van der Waals surface area contributed by atoms with Crippen LogP contribution in [-0.2, 0) is 0 Å². The third-order valence-electron chi connectivity index (χ3n) is 6.11. The van der Waals surface area contributed by atoms with Gasteiger partial charge in [-0.15, -0.1) is 0 Å². The van der Waals surface area contributed by atoms with Crippen LogP contribution < -0.4 is 4.90 Å². The van der Waals surface area contributed by atoms with Crippen LogP contribution in [0.25, 0.3) is 0 Å². The van der Waals surface area contributed by atoms with Crippen molar-refractivity contribution in [1.29, 1.82) is 0 Å². The Morgan fingerprint density at radius 1 is 0.556 bits per heavy atom. The first-order chi connectivity index (χ1) is 13.2. The fourth-order valence-electron chi connectivity index (χ4n) is 4.77. The van der Waals surface area contributed by atoms with Crippen molar-refractivity contribution in [1.82, 2.24) is 0 Å². The first-order valence-electron chi connectivity index (χ1n) is 9.64. The van der Waals surface area contributed by atoms with E-state index in [1.54, 1.807) is 11.1 Å². The van der Waals surface area contributed by atoms with Crippen LogP contribution in [0.15, 0.2) is 75.7 Å². The van der Waals surface area contributed by atoms with Crippen molar-refractivity contribution in [2.75, 3.05) is 4.90 Å². The van der Waals surface area contributed by atoms with Gasteiger partial charge in [0.2, 0.25) is 0 Å². The molecule has 0 unspecified atom stereocenters. The van der Waals surface area contributed by atoms with Gasteiger partial charge in [0.25, 0.3) is 0 Å². The topological polar surface area (TPSA) is 3.24 Å². The first kappa shape index (κ1) is 17.5. The van der Waals surface area contributed by atoms with Crippen molar-refractivity contribution >= 4 is 48.9 Å². The summed E-state index contributed by atoms with van der Waals surface area (Å²) in [4.78, 5) is 2.36. The Kier molecular flexibility index (Phi) is 4.61. The van der Waals surface area contributed by atoms with Crippen molar-refractivity contribution in [2.45, 2.75) is 37.5 Å². The number of hydrogen-bond acceptors (Lipinski definition) is 1. The lowest BCUT2D eigenvalue weighted by atomic mass is 9.67. The molecule has 1 saturated carbocycles. The molecule has 0 heterocycles. The van der Waals surface area contributed by atoms with Crippen molar-refractivity contribution in [3.8, 4) is 0 Å². The molecule has 0 saturated heterocycles. The molecule has 6 rings (SSSR count). The number of fused-ring (bicyclic) bond motifs is 2. The minimum Gasteiger partial charge on any atom is -0.310 e. The van der Waals surface area contributed by atoms with Gasteiger partial charge in [0.15, 0.2) is 0 Å². The summed E-state index contributed by atoms with van der Waals surface area (Å²) in [5, 5.41) is 0. The fourth-order valence-corrected chi connectivity index (χ4v) is 5.30. The van der Waals surface area contributed by atoms with Crippen LogP contribution in [-0.4, -0.2) is 0 Å². The summed E-state index contributed by atoms with van der Waals surface area (Å²) in [6.07, 6.45) is 5.47. The summed E-state index contributed by atoms with van der Waals surface area (Å²) in [7, 11) is 0. The second-order valence-electron chi connectivity index (χ2n) is 7.65. The van der Waals surface area contributed by atoms with Crippen LogP contribution >= 0.6 is 31.9 Å². The molecule has 3 aliphatic carbocycles. The minimum absolute atomic E-state index is 0.752. The summed E-state index contributed by atoms with van der Waals surface area (Å²) in [6, 6.07) is 24.3. The molecule has 3 heteroatoms. The average Bonchev–Trinajstić information content (AvgIpc) is 2.72. The molecule has 3 aromatic rings. The Balaban J connectivity index is 1.63. The van der Waals surface area contributed by atoms with Gasteiger partial charge >= 0.3 is 0 Å². The molecule has 0 spiro atoms. The summed E-state index contributed by atoms with van der Waals surface area (Å²) in [6.45, 7) is 0. The van der Waals surface area contributed by atoms with Gasteiger partial charge < -0.3 is 4.90 Å². The molecule has 1 nitrogen and oxygen atoms in total. The molecule has 2 bridgehead atoms. The highest BCUT2D eigenvalue weighted by molar-refractivity contribution is 9.10. The molecule has 0 radical (unpaired) electrons. The van der Waals surface area contributed by atoms with Crippen LogP contribution in [0, 0.1) is 0 Å². The van der Waals surface area contributed by atoms with E-state index in [-0.39, 0.29) is 0 Å². The zero-order valence-electron chi connectivity index (χ0n) is 15.0. The van der Waals surface area contributed by atoms with Crippen LogP contribution in [0.4, 0.5) is 17.1 Å². The van der Waals surface area contributed by atoms with E-state index in [1.807, 2.05) is 0 Å². The molecule has 136 valence electrons. The second kappa shape index (κ2) is 7.10. The van der Waals surface area contributed by atoms with Crippen molar-refractivity contribution in [2.24, 2.45) is 0 Å². The number of halogens is 2. The molecule has 1 fully saturated rings. The summed E-state index contributed by atoms with van der Waals surface area (Å²) in [5.74, 6) is 1.54. The predicted molar refractivity (Wildman–Crippen MR) is 120 cm³/mol. The zero-order valence-corrected chi connectivity index (χ0v) is 18.2. The Hall–Kier alpha value is -1.58. The maximum absolute atomic E-state index is 3.56. The molecule has 3 aliphatic rings. The number of anilines is 3. The third-order valence-corrected chi connectivity index (χ3v) is 7.16. The monoisotopic (exact) mass is 481 g/mol. The predicted octanol–water partition coefficient (Wildman–Crippen LogP) is 8.44. The maximum atomic E-state index is 3.56. The van der Waals surface area contributed by atoms with Gasteiger partial charge in [0.05, 0.1) is 0 Å². The summed E-state index contributed by atoms with van der Waals surface area (Å²) >= 11 is 7.13. The second-order valence-corrected chi connectivity index (χ2v) is 9.48. The molecular weight excluding hydrogens is 462 g/mol. The first-order valence-corrected chi connectivity index (χ1v) is 11.2. The van der Waals surface area contributed by atoms with E-state index >= 15 is 0 Å². The number of nitrogens with zero attached hydrogens (tertiary/aromatic N) is 1. The molecule has 3 aromatic carbocycles. The lowest BCUT2D eigenvalue weighted by Gasteiger charge is -2.39. The van der Waals surface area contributed by atoms with E-state index in [1.165, 1.54) is 42.7 Å². The standard InChI is InChI=1S/C24H21Br2N/c25-18-5-9-20(10-6-18)27(21-11-7-19(26)8-12-21)22-13-14-23-16-1-3-17(4-2-16)24(23)15-22/h5-17H,1-4H2. The van der Waals surface area contributed by atoms with E-state index in [2.05, 4.69) is 103 Å². The van der Waals surface area contributed by atoms with Crippen LogP contribution in [0.3, 0.4) is 0 Å². The Labute approximate surface area is 177 Å². The Morgan fingerprint density at radius 2 is 1.00 bits per heavy atom. The van der Waals surface area contributed by atoms with Gasteiger partial charge in [-0.2, -0.15) is 0 Å². The number of benzene rings is 3. The summed E-state index contributed by atoms with van der Waals surface area (Å²) < 4.78 is 2.20. The molecule has 0 amide bonds. The SMILES string of the molecule is Brc1ccc(N(c2ccc(Br)cc2)c2ccc3c(c2)C2CCC3CC2)cc1.